The summed E-state index contributed by atoms with van der Waals surface area (Å²) >= 11 is 0. The van der Waals surface area contributed by atoms with Crippen LogP contribution in [0.3, 0.4) is 0 Å². The molecular formula is C20H37N3O4. The van der Waals surface area contributed by atoms with Gasteiger partial charge in [-0.25, -0.2) is 4.79 Å². The van der Waals surface area contributed by atoms with Crippen LogP contribution < -0.4 is 0 Å². The average Bonchev–Trinajstić information content (AvgIpc) is 3.10. The van der Waals surface area contributed by atoms with Crippen LogP contribution in [0.25, 0.3) is 0 Å². The van der Waals surface area contributed by atoms with E-state index in [1.165, 1.54) is 0 Å². The molecule has 7 heteroatoms. The zero-order valence-corrected chi connectivity index (χ0v) is 17.7. The smallest absolute Gasteiger partial charge is 0.410 e. The van der Waals surface area contributed by atoms with Crippen molar-refractivity contribution in [3.8, 4) is 0 Å². The van der Waals surface area contributed by atoms with Gasteiger partial charge in [-0.05, 0) is 46.5 Å². The van der Waals surface area contributed by atoms with Crippen LogP contribution in [-0.2, 0) is 9.53 Å². The van der Waals surface area contributed by atoms with Gasteiger partial charge in [0.1, 0.15) is 11.6 Å². The van der Waals surface area contributed by atoms with Gasteiger partial charge in [0.05, 0.1) is 5.60 Å². The van der Waals surface area contributed by atoms with E-state index in [1.807, 2.05) is 39.5 Å². The molecule has 2 fully saturated rings. The zero-order chi connectivity index (χ0) is 20.2. The lowest BCUT2D eigenvalue weighted by atomic mass is 9.96. The third-order valence-corrected chi connectivity index (χ3v) is 5.68. The van der Waals surface area contributed by atoms with Crippen LogP contribution in [-0.4, -0.2) is 88.3 Å². The van der Waals surface area contributed by atoms with Crippen molar-refractivity contribution in [2.24, 2.45) is 0 Å². The van der Waals surface area contributed by atoms with Gasteiger partial charge < -0.3 is 14.7 Å². The van der Waals surface area contributed by atoms with Crippen LogP contribution in [0, 0.1) is 0 Å². The predicted octanol–water partition coefficient (Wildman–Crippen LogP) is 2.08. The fourth-order valence-electron chi connectivity index (χ4n) is 3.79. The van der Waals surface area contributed by atoms with E-state index in [2.05, 4.69) is 4.90 Å². The van der Waals surface area contributed by atoms with E-state index >= 15 is 0 Å². The number of hydrogen-bond acceptors (Lipinski definition) is 5. The first-order valence-electron chi connectivity index (χ1n) is 10.3. The summed E-state index contributed by atoms with van der Waals surface area (Å²) in [5.41, 5.74) is -1.21. The van der Waals surface area contributed by atoms with Crippen molar-refractivity contribution in [1.29, 1.82) is 0 Å². The number of amides is 2. The van der Waals surface area contributed by atoms with Crippen LogP contribution in [0.5, 0.6) is 0 Å². The van der Waals surface area contributed by atoms with E-state index in [-0.39, 0.29) is 5.91 Å². The van der Waals surface area contributed by atoms with Gasteiger partial charge in [-0.15, -0.1) is 0 Å². The molecule has 27 heavy (non-hydrogen) atoms. The molecule has 2 aliphatic rings. The summed E-state index contributed by atoms with van der Waals surface area (Å²) in [5, 5.41) is 10.5. The number of aliphatic hydroxyl groups is 1. The maximum absolute atomic E-state index is 13.0. The van der Waals surface area contributed by atoms with Crippen molar-refractivity contribution in [2.45, 2.75) is 77.5 Å². The Morgan fingerprint density at radius 2 is 1.63 bits per heavy atom. The summed E-state index contributed by atoms with van der Waals surface area (Å²) in [7, 11) is 0. The molecule has 7 nitrogen and oxygen atoms in total. The summed E-state index contributed by atoms with van der Waals surface area (Å²) in [5.74, 6) is 0.0271. The molecule has 0 aromatic carbocycles. The highest BCUT2D eigenvalue weighted by Crippen LogP contribution is 2.23. The summed E-state index contributed by atoms with van der Waals surface area (Å²) in [6.45, 7) is 13.5. The number of hydrogen-bond donors (Lipinski definition) is 1. The predicted molar refractivity (Wildman–Crippen MR) is 105 cm³/mol. The molecule has 2 rings (SSSR count). The minimum atomic E-state index is -0.648. The van der Waals surface area contributed by atoms with Gasteiger partial charge in [-0.3, -0.25) is 14.6 Å². The van der Waals surface area contributed by atoms with Gasteiger partial charge >= 0.3 is 6.09 Å². The molecule has 0 spiro atoms. The maximum atomic E-state index is 13.0. The number of ether oxygens (including phenoxy) is 1. The normalized spacial score (nSPS) is 22.2. The van der Waals surface area contributed by atoms with Crippen molar-refractivity contribution in [3.63, 3.8) is 0 Å². The summed E-state index contributed by atoms with van der Waals surface area (Å²) in [6.07, 6.45) is 2.60. The Hall–Kier alpha value is -1.34. The first-order chi connectivity index (χ1) is 12.6. The van der Waals surface area contributed by atoms with Gasteiger partial charge in [-0.2, -0.15) is 0 Å². The zero-order valence-electron chi connectivity index (χ0n) is 17.7. The number of carbonyl (C=O) groups is 2. The van der Waals surface area contributed by atoms with E-state index in [4.69, 9.17) is 4.74 Å². The first kappa shape index (κ1) is 22.0. The number of nitrogens with zero attached hydrogens (tertiary/aromatic N) is 3. The van der Waals surface area contributed by atoms with Crippen LogP contribution >= 0.6 is 0 Å². The SMILES string of the molecule is CCC(O)(CC)CN1CCN(C(=O)[C@@H]2CCCN2C(=O)OC(C)(C)C)CC1. The Bertz CT molecular complexity index is 520. The van der Waals surface area contributed by atoms with Crippen molar-refractivity contribution >= 4 is 12.0 Å². The molecule has 0 saturated carbocycles. The Balaban J connectivity index is 1.90. The lowest BCUT2D eigenvalue weighted by molar-refractivity contribution is -0.138. The lowest BCUT2D eigenvalue weighted by Gasteiger charge is -2.40. The summed E-state index contributed by atoms with van der Waals surface area (Å²) in [6, 6.07) is -0.408. The van der Waals surface area contributed by atoms with Crippen molar-refractivity contribution in [3.05, 3.63) is 0 Å². The molecule has 0 aromatic rings. The molecule has 2 amide bonds. The molecule has 2 heterocycles. The molecule has 0 aromatic heterocycles. The minimum Gasteiger partial charge on any atom is -0.444 e. The van der Waals surface area contributed by atoms with Gasteiger partial charge in [-0.1, -0.05) is 13.8 Å². The van der Waals surface area contributed by atoms with Crippen molar-refractivity contribution in [2.75, 3.05) is 39.3 Å². The highest BCUT2D eigenvalue weighted by atomic mass is 16.6. The second-order valence-corrected chi connectivity index (χ2v) is 8.86. The Labute approximate surface area is 163 Å². The van der Waals surface area contributed by atoms with E-state index in [9.17, 15) is 14.7 Å². The molecule has 0 aliphatic carbocycles. The van der Waals surface area contributed by atoms with E-state index in [0.29, 0.717) is 32.6 Å². The van der Waals surface area contributed by atoms with Gasteiger partial charge in [0.2, 0.25) is 5.91 Å². The molecule has 156 valence electrons. The third-order valence-electron chi connectivity index (χ3n) is 5.68. The molecule has 1 atom stereocenters. The number of piperazine rings is 1. The summed E-state index contributed by atoms with van der Waals surface area (Å²) < 4.78 is 5.47. The molecule has 2 saturated heterocycles. The number of likely N-dealkylation sites (tertiary alicyclic amines) is 1. The third kappa shape index (κ3) is 5.82. The molecule has 0 radical (unpaired) electrons. The summed E-state index contributed by atoms with van der Waals surface area (Å²) in [4.78, 5) is 31.1. The van der Waals surface area contributed by atoms with Crippen LogP contribution in [0.1, 0.15) is 60.3 Å². The Morgan fingerprint density at radius 1 is 1.04 bits per heavy atom. The second kappa shape index (κ2) is 8.78. The van der Waals surface area contributed by atoms with Crippen molar-refractivity contribution < 1.29 is 19.4 Å². The Morgan fingerprint density at radius 3 is 2.15 bits per heavy atom. The molecule has 1 N–H and O–H groups in total. The highest BCUT2D eigenvalue weighted by Gasteiger charge is 2.39. The Kier molecular flexibility index (Phi) is 7.14. The number of β-amino-alcohol motifs (C(OH)–C–C–N with tert-alkyl or cyclic N) is 1. The molecule has 2 aliphatic heterocycles. The monoisotopic (exact) mass is 383 g/mol. The fraction of sp³-hybridized carbons (Fsp3) is 0.900. The lowest BCUT2D eigenvalue weighted by Crippen LogP contribution is -2.56. The van der Waals surface area contributed by atoms with Gasteiger partial charge in [0, 0.05) is 39.3 Å². The van der Waals surface area contributed by atoms with Gasteiger partial charge in [0.25, 0.3) is 0 Å². The quantitative estimate of drug-likeness (QED) is 0.787. The second-order valence-electron chi connectivity index (χ2n) is 8.86. The van der Waals surface area contributed by atoms with Crippen LogP contribution in [0.4, 0.5) is 4.79 Å². The molecule has 0 unspecified atom stereocenters. The number of carbonyl (C=O) groups excluding carboxylic acids is 2. The topological polar surface area (TPSA) is 73.3 Å². The highest BCUT2D eigenvalue weighted by molar-refractivity contribution is 5.86. The van der Waals surface area contributed by atoms with Crippen molar-refractivity contribution in [1.82, 2.24) is 14.7 Å². The minimum absolute atomic E-state index is 0.0271. The van der Waals surface area contributed by atoms with Crippen LogP contribution in [0.15, 0.2) is 0 Å². The number of rotatable bonds is 5. The largest absolute Gasteiger partial charge is 0.444 e. The van der Waals surface area contributed by atoms with E-state index in [1.54, 1.807) is 4.90 Å². The fourth-order valence-corrected chi connectivity index (χ4v) is 3.79. The first-order valence-corrected chi connectivity index (χ1v) is 10.3. The molecular weight excluding hydrogens is 346 g/mol. The van der Waals surface area contributed by atoms with E-state index in [0.717, 1.165) is 32.4 Å². The molecule has 0 bridgehead atoms. The maximum Gasteiger partial charge on any atom is 0.410 e. The van der Waals surface area contributed by atoms with Gasteiger partial charge in [0.15, 0.2) is 0 Å². The standard InChI is InChI=1S/C20H37N3O4/c1-6-20(26,7-2)15-21-11-13-22(14-12-21)17(24)16-9-8-10-23(16)18(25)27-19(3,4)5/h16,26H,6-15H2,1-5H3/t16-/m0/s1. The van der Waals surface area contributed by atoms with E-state index < -0.39 is 23.3 Å². The average molecular weight is 384 g/mol. The van der Waals surface area contributed by atoms with Crippen LogP contribution in [0.2, 0.25) is 0 Å².